The highest BCUT2D eigenvalue weighted by Crippen LogP contribution is 2.28. The van der Waals surface area contributed by atoms with Gasteiger partial charge in [0.25, 0.3) is 0 Å². The molecule has 3 aliphatic rings. The Labute approximate surface area is 182 Å². The van der Waals surface area contributed by atoms with Crippen molar-refractivity contribution < 1.29 is 31.1 Å². The summed E-state index contributed by atoms with van der Waals surface area (Å²) in [5.41, 5.74) is 0. The van der Waals surface area contributed by atoms with Crippen LogP contribution in [0.15, 0.2) is 34.1 Å². The van der Waals surface area contributed by atoms with Crippen LogP contribution in [0.4, 0.5) is 0 Å². The van der Waals surface area contributed by atoms with Crippen molar-refractivity contribution in [1.82, 2.24) is 13.5 Å². The highest BCUT2D eigenvalue weighted by atomic mass is 32.2. The summed E-state index contributed by atoms with van der Waals surface area (Å²) in [5, 5.41) is 0. The molecule has 1 unspecified atom stereocenters. The molecule has 3 saturated heterocycles. The Bertz CT molecular complexity index is 999. The van der Waals surface area contributed by atoms with Gasteiger partial charge in [-0.3, -0.25) is 4.79 Å². The Morgan fingerprint density at radius 2 is 1.29 bits per heavy atom. The summed E-state index contributed by atoms with van der Waals surface area (Å²) in [6.07, 6.45) is 1.07. The number of carbonyl (C=O) groups excluding carboxylic acids is 1. The molecule has 0 aromatic heterocycles. The maximum absolute atomic E-state index is 13.2. The fraction of sp³-hybridized carbons (Fsp3) is 0.632. The Morgan fingerprint density at radius 1 is 0.774 bits per heavy atom. The number of hydrogen-bond acceptors (Lipinski definition) is 7. The number of benzene rings is 1. The molecule has 1 atom stereocenters. The molecule has 3 heterocycles. The zero-order valence-corrected chi connectivity index (χ0v) is 18.8. The number of hydrogen-bond donors (Lipinski definition) is 0. The minimum atomic E-state index is -3.93. The largest absolute Gasteiger partial charge is 0.379 e. The van der Waals surface area contributed by atoms with Crippen molar-refractivity contribution in [3.8, 4) is 0 Å². The van der Waals surface area contributed by atoms with E-state index >= 15 is 0 Å². The van der Waals surface area contributed by atoms with E-state index in [4.69, 9.17) is 9.47 Å². The molecule has 10 nitrogen and oxygen atoms in total. The Kier molecular flexibility index (Phi) is 6.65. The smallest absolute Gasteiger partial charge is 0.243 e. The van der Waals surface area contributed by atoms with Gasteiger partial charge in [0.05, 0.1) is 36.2 Å². The van der Waals surface area contributed by atoms with Gasteiger partial charge in [0.15, 0.2) is 0 Å². The first-order chi connectivity index (χ1) is 14.8. The monoisotopic (exact) mass is 473 g/mol. The third kappa shape index (κ3) is 4.50. The molecule has 0 saturated carbocycles. The first-order valence-corrected chi connectivity index (χ1v) is 13.3. The van der Waals surface area contributed by atoms with Crippen LogP contribution in [0.25, 0.3) is 0 Å². The molecule has 0 bridgehead atoms. The van der Waals surface area contributed by atoms with E-state index in [1.807, 2.05) is 0 Å². The topological polar surface area (TPSA) is 114 Å². The number of sulfonamides is 2. The molecule has 4 rings (SSSR count). The van der Waals surface area contributed by atoms with Crippen molar-refractivity contribution in [1.29, 1.82) is 0 Å². The van der Waals surface area contributed by atoms with Gasteiger partial charge in [-0.1, -0.05) is 0 Å². The third-order valence-electron chi connectivity index (χ3n) is 5.85. The number of nitrogens with zero attached hydrogens (tertiary/aromatic N) is 3. The van der Waals surface area contributed by atoms with Crippen molar-refractivity contribution in [2.75, 3.05) is 59.2 Å². The van der Waals surface area contributed by atoms with Crippen LogP contribution in [0.1, 0.15) is 12.8 Å². The first-order valence-electron chi connectivity index (χ1n) is 10.4. The van der Waals surface area contributed by atoms with Gasteiger partial charge in [-0.05, 0) is 37.1 Å². The third-order valence-corrected chi connectivity index (χ3v) is 9.68. The summed E-state index contributed by atoms with van der Waals surface area (Å²) in [4.78, 5) is 14.6. The molecule has 1 aromatic rings. The summed E-state index contributed by atoms with van der Waals surface area (Å²) in [7, 11) is -7.64. The fourth-order valence-corrected chi connectivity index (χ4v) is 7.18. The summed E-state index contributed by atoms with van der Waals surface area (Å²) in [5.74, 6) is -0.198. The van der Waals surface area contributed by atoms with Gasteiger partial charge in [-0.2, -0.15) is 8.61 Å². The van der Waals surface area contributed by atoms with Crippen molar-refractivity contribution in [3.63, 3.8) is 0 Å². The van der Waals surface area contributed by atoms with Crippen molar-refractivity contribution in [2.24, 2.45) is 0 Å². The first kappa shape index (κ1) is 22.6. The second kappa shape index (κ2) is 9.12. The SMILES string of the molecule is O=C(C1CCCN1S(=O)(=O)c1ccc(S(=O)(=O)N2CCOCC2)cc1)N1CCOCC1. The predicted octanol–water partition coefficient (Wildman–Crippen LogP) is -0.281. The second-order valence-corrected chi connectivity index (χ2v) is 11.5. The molecule has 0 aliphatic carbocycles. The maximum atomic E-state index is 13.2. The van der Waals surface area contributed by atoms with Gasteiger partial charge in [0, 0.05) is 32.7 Å². The lowest BCUT2D eigenvalue weighted by Gasteiger charge is -2.32. The zero-order valence-electron chi connectivity index (χ0n) is 17.2. The van der Waals surface area contributed by atoms with E-state index in [9.17, 15) is 21.6 Å². The van der Waals surface area contributed by atoms with Crippen molar-refractivity contribution in [3.05, 3.63) is 24.3 Å². The van der Waals surface area contributed by atoms with Crippen LogP contribution in [-0.4, -0.2) is 101 Å². The van der Waals surface area contributed by atoms with Gasteiger partial charge < -0.3 is 14.4 Å². The number of ether oxygens (including phenoxy) is 2. The van der Waals surface area contributed by atoms with Crippen molar-refractivity contribution >= 4 is 26.0 Å². The minimum Gasteiger partial charge on any atom is -0.379 e. The molecular formula is C19H27N3O7S2. The van der Waals surface area contributed by atoms with E-state index in [1.54, 1.807) is 4.90 Å². The zero-order chi connectivity index (χ0) is 22.1. The normalized spacial score (nSPS) is 24.4. The number of amides is 1. The van der Waals surface area contributed by atoms with Gasteiger partial charge in [0.2, 0.25) is 26.0 Å². The second-order valence-electron chi connectivity index (χ2n) is 7.70. The number of morpholine rings is 2. The van der Waals surface area contributed by atoms with E-state index in [0.717, 1.165) is 0 Å². The fourth-order valence-electron chi connectivity index (χ4n) is 4.12. The molecule has 31 heavy (non-hydrogen) atoms. The number of rotatable bonds is 5. The van der Waals surface area contributed by atoms with Gasteiger partial charge >= 0.3 is 0 Å². The summed E-state index contributed by atoms with van der Waals surface area (Å²) < 4.78 is 65.1. The lowest BCUT2D eigenvalue weighted by atomic mass is 10.2. The van der Waals surface area contributed by atoms with E-state index < -0.39 is 26.1 Å². The lowest BCUT2D eigenvalue weighted by molar-refractivity contribution is -0.138. The van der Waals surface area contributed by atoms with Crippen LogP contribution in [0.2, 0.25) is 0 Å². The Hall–Kier alpha value is -1.57. The minimum absolute atomic E-state index is 0.0184. The van der Waals surface area contributed by atoms with Crippen LogP contribution in [0, 0.1) is 0 Å². The molecule has 3 aliphatic heterocycles. The number of carbonyl (C=O) groups is 1. The maximum Gasteiger partial charge on any atom is 0.243 e. The van der Waals surface area contributed by atoms with E-state index in [0.29, 0.717) is 52.4 Å². The lowest BCUT2D eigenvalue weighted by Crippen LogP contribution is -2.50. The molecule has 12 heteroatoms. The quantitative estimate of drug-likeness (QED) is 0.578. The Morgan fingerprint density at radius 3 is 1.87 bits per heavy atom. The molecule has 0 spiro atoms. The summed E-state index contributed by atoms with van der Waals surface area (Å²) >= 11 is 0. The van der Waals surface area contributed by atoms with Crippen LogP contribution < -0.4 is 0 Å². The molecular weight excluding hydrogens is 446 g/mol. The van der Waals surface area contributed by atoms with Gasteiger partial charge in [-0.25, -0.2) is 16.8 Å². The van der Waals surface area contributed by atoms with Crippen LogP contribution in [-0.2, 0) is 34.3 Å². The molecule has 3 fully saturated rings. The van der Waals surface area contributed by atoms with E-state index in [-0.39, 0.29) is 35.3 Å². The van der Waals surface area contributed by atoms with Crippen LogP contribution >= 0.6 is 0 Å². The summed E-state index contributed by atoms with van der Waals surface area (Å²) in [6, 6.07) is 4.49. The average Bonchev–Trinajstić information content (AvgIpc) is 3.31. The highest BCUT2D eigenvalue weighted by Gasteiger charge is 2.41. The average molecular weight is 474 g/mol. The van der Waals surface area contributed by atoms with Gasteiger partial charge in [-0.15, -0.1) is 0 Å². The predicted molar refractivity (Wildman–Crippen MR) is 110 cm³/mol. The highest BCUT2D eigenvalue weighted by molar-refractivity contribution is 7.89. The van der Waals surface area contributed by atoms with E-state index in [1.165, 1.54) is 32.9 Å². The summed E-state index contributed by atoms with van der Waals surface area (Å²) in [6.45, 7) is 3.27. The molecule has 0 radical (unpaired) electrons. The van der Waals surface area contributed by atoms with Crippen LogP contribution in [0.5, 0.6) is 0 Å². The van der Waals surface area contributed by atoms with E-state index in [2.05, 4.69) is 0 Å². The molecule has 172 valence electrons. The van der Waals surface area contributed by atoms with Gasteiger partial charge in [0.1, 0.15) is 6.04 Å². The van der Waals surface area contributed by atoms with Crippen LogP contribution in [0.3, 0.4) is 0 Å². The Balaban J connectivity index is 1.53. The molecule has 1 amide bonds. The molecule has 1 aromatic carbocycles. The van der Waals surface area contributed by atoms with Crippen molar-refractivity contribution in [2.45, 2.75) is 28.7 Å². The molecule has 0 N–H and O–H groups in total. The standard InChI is InChI=1S/C19H27N3O7S2/c23-19(20-8-12-28-13-9-20)18-2-1-7-22(18)31(26,27)17-5-3-16(4-6-17)30(24,25)21-10-14-29-15-11-21/h3-6,18H,1-2,7-15H2.